The lowest BCUT2D eigenvalue weighted by molar-refractivity contribution is 0.0939. The molecule has 0 unspecified atom stereocenters. The molecule has 2 N–H and O–H groups in total. The first-order valence-electron chi connectivity index (χ1n) is 10.4. The van der Waals surface area contributed by atoms with Gasteiger partial charge in [-0.25, -0.2) is 13.1 Å². The van der Waals surface area contributed by atoms with E-state index in [1.165, 1.54) is 18.2 Å². The molecular formula is C24H23ClN2O5S. The fraction of sp³-hybridized carbons (Fsp3) is 0.208. The maximum atomic E-state index is 12.9. The van der Waals surface area contributed by atoms with Gasteiger partial charge in [-0.05, 0) is 42.8 Å². The van der Waals surface area contributed by atoms with Crippen molar-refractivity contribution in [2.75, 3.05) is 13.2 Å². The Morgan fingerprint density at radius 2 is 1.76 bits per heavy atom. The summed E-state index contributed by atoms with van der Waals surface area (Å²) >= 11 is 6.17. The third kappa shape index (κ3) is 5.47. The molecule has 9 heteroatoms. The highest BCUT2D eigenvalue weighted by molar-refractivity contribution is 7.89. The number of hydrogen-bond acceptors (Lipinski definition) is 5. The molecule has 0 bridgehead atoms. The molecule has 172 valence electrons. The van der Waals surface area contributed by atoms with Gasteiger partial charge in [0.05, 0.1) is 17.6 Å². The number of carbonyl (C=O) groups is 1. The minimum Gasteiger partial charge on any atom is -0.486 e. The molecule has 0 spiro atoms. The number of para-hydroxylation sites is 2. The molecule has 1 aliphatic rings. The fourth-order valence-corrected chi connectivity index (χ4v) is 4.99. The topological polar surface area (TPSA) is 93.7 Å². The highest BCUT2D eigenvalue weighted by Gasteiger charge is 2.25. The van der Waals surface area contributed by atoms with E-state index in [9.17, 15) is 13.2 Å². The van der Waals surface area contributed by atoms with E-state index in [1.807, 2.05) is 49.4 Å². The van der Waals surface area contributed by atoms with Gasteiger partial charge in [0, 0.05) is 5.56 Å². The number of halogens is 1. The van der Waals surface area contributed by atoms with Crippen LogP contribution in [0.2, 0.25) is 5.02 Å². The Morgan fingerprint density at radius 1 is 1.06 bits per heavy atom. The highest BCUT2D eigenvalue weighted by Crippen LogP contribution is 2.31. The quantitative estimate of drug-likeness (QED) is 0.527. The van der Waals surface area contributed by atoms with Crippen molar-refractivity contribution in [2.45, 2.75) is 24.0 Å². The molecule has 0 saturated carbocycles. The van der Waals surface area contributed by atoms with Crippen LogP contribution in [0, 0.1) is 0 Å². The van der Waals surface area contributed by atoms with Gasteiger partial charge in [-0.3, -0.25) is 4.79 Å². The Bertz CT molecular complexity index is 1250. The van der Waals surface area contributed by atoms with E-state index >= 15 is 0 Å². The van der Waals surface area contributed by atoms with E-state index in [4.69, 9.17) is 21.1 Å². The van der Waals surface area contributed by atoms with Crippen LogP contribution in [0.4, 0.5) is 0 Å². The van der Waals surface area contributed by atoms with Crippen LogP contribution in [0.15, 0.2) is 77.7 Å². The van der Waals surface area contributed by atoms with Crippen molar-refractivity contribution in [1.82, 2.24) is 10.0 Å². The molecule has 3 aromatic carbocycles. The third-order valence-corrected chi connectivity index (χ3v) is 7.10. The molecule has 7 nitrogen and oxygen atoms in total. The largest absolute Gasteiger partial charge is 0.486 e. The van der Waals surface area contributed by atoms with Gasteiger partial charge < -0.3 is 14.8 Å². The molecule has 0 saturated heterocycles. The maximum absolute atomic E-state index is 12.9. The summed E-state index contributed by atoms with van der Waals surface area (Å²) < 4.78 is 39.8. The maximum Gasteiger partial charge on any atom is 0.251 e. The van der Waals surface area contributed by atoms with Crippen LogP contribution in [0.25, 0.3) is 0 Å². The van der Waals surface area contributed by atoms with E-state index in [1.54, 1.807) is 12.1 Å². The standard InChI is InChI=1S/C24H23ClN2O5S/c1-16(17-7-3-2-4-8-17)27-24(28)18-11-12-20(25)23(13-18)33(29,30)26-14-19-15-31-21-9-5-6-10-22(21)32-19/h2-13,16,19,26H,14-15H2,1H3,(H,27,28)/t16-,19-/m1/s1. The number of carbonyl (C=O) groups excluding carboxylic acids is 1. The molecule has 0 aromatic heterocycles. The number of sulfonamides is 1. The lowest BCUT2D eigenvalue weighted by atomic mass is 10.1. The van der Waals surface area contributed by atoms with Crippen molar-refractivity contribution in [1.29, 1.82) is 0 Å². The molecule has 2 atom stereocenters. The first-order valence-corrected chi connectivity index (χ1v) is 12.2. The van der Waals surface area contributed by atoms with Crippen molar-refractivity contribution in [2.24, 2.45) is 0 Å². The SMILES string of the molecule is C[C@@H](NC(=O)c1ccc(Cl)c(S(=O)(=O)NC[C@@H]2COc3ccccc3O2)c1)c1ccccc1. The van der Waals surface area contributed by atoms with E-state index < -0.39 is 22.0 Å². The average Bonchev–Trinajstić information content (AvgIpc) is 2.83. The number of hydrogen-bond donors (Lipinski definition) is 2. The van der Waals surface area contributed by atoms with E-state index in [2.05, 4.69) is 10.0 Å². The van der Waals surface area contributed by atoms with Crippen LogP contribution in [0.1, 0.15) is 28.9 Å². The van der Waals surface area contributed by atoms with Gasteiger partial charge in [0.2, 0.25) is 10.0 Å². The molecule has 0 aliphatic carbocycles. The second-order valence-electron chi connectivity index (χ2n) is 7.60. The van der Waals surface area contributed by atoms with Crippen LogP contribution in [-0.2, 0) is 10.0 Å². The molecular weight excluding hydrogens is 464 g/mol. The van der Waals surface area contributed by atoms with Crippen molar-refractivity contribution in [3.8, 4) is 11.5 Å². The molecule has 0 fully saturated rings. The average molecular weight is 487 g/mol. The van der Waals surface area contributed by atoms with Crippen LogP contribution < -0.4 is 19.5 Å². The fourth-order valence-electron chi connectivity index (χ4n) is 3.40. The van der Waals surface area contributed by atoms with Gasteiger partial charge in [-0.2, -0.15) is 0 Å². The summed E-state index contributed by atoms with van der Waals surface area (Å²) in [5.41, 5.74) is 1.12. The second-order valence-corrected chi connectivity index (χ2v) is 9.74. The molecule has 0 radical (unpaired) electrons. The smallest absolute Gasteiger partial charge is 0.251 e. The number of benzene rings is 3. The van der Waals surface area contributed by atoms with Crippen LogP contribution in [0.5, 0.6) is 11.5 Å². The highest BCUT2D eigenvalue weighted by atomic mass is 35.5. The summed E-state index contributed by atoms with van der Waals surface area (Å²) in [4.78, 5) is 12.6. The summed E-state index contributed by atoms with van der Waals surface area (Å²) in [6.07, 6.45) is -0.508. The van der Waals surface area contributed by atoms with Gasteiger partial charge in [-0.15, -0.1) is 0 Å². The molecule has 4 rings (SSSR count). The summed E-state index contributed by atoms with van der Waals surface area (Å²) in [6.45, 7) is 2.04. The number of nitrogens with one attached hydrogen (secondary N) is 2. The Kier molecular flexibility index (Phi) is 6.88. The normalized spacial score (nSPS) is 16.1. The first kappa shape index (κ1) is 23.1. The zero-order valence-electron chi connectivity index (χ0n) is 17.8. The third-order valence-electron chi connectivity index (χ3n) is 5.20. The van der Waals surface area contributed by atoms with Crippen molar-refractivity contribution in [3.05, 3.63) is 88.9 Å². The molecule has 1 heterocycles. The van der Waals surface area contributed by atoms with Gasteiger partial charge in [-0.1, -0.05) is 54.1 Å². The lowest BCUT2D eigenvalue weighted by Crippen LogP contribution is -2.40. The lowest BCUT2D eigenvalue weighted by Gasteiger charge is -2.26. The van der Waals surface area contributed by atoms with Gasteiger partial charge in [0.15, 0.2) is 11.5 Å². The van der Waals surface area contributed by atoms with Crippen LogP contribution in [0.3, 0.4) is 0 Å². The zero-order chi connectivity index (χ0) is 23.4. The molecule has 3 aromatic rings. The Balaban J connectivity index is 1.44. The summed E-state index contributed by atoms with van der Waals surface area (Å²) in [5, 5.41) is 2.89. The molecule has 33 heavy (non-hydrogen) atoms. The van der Waals surface area contributed by atoms with E-state index in [0.29, 0.717) is 11.5 Å². The van der Waals surface area contributed by atoms with Crippen molar-refractivity contribution < 1.29 is 22.7 Å². The number of fused-ring (bicyclic) bond motifs is 1. The second kappa shape index (κ2) is 9.82. The monoisotopic (exact) mass is 486 g/mol. The van der Waals surface area contributed by atoms with Gasteiger partial charge in [0.1, 0.15) is 17.6 Å². The van der Waals surface area contributed by atoms with E-state index in [0.717, 1.165) is 5.56 Å². The summed E-state index contributed by atoms with van der Waals surface area (Å²) in [5.74, 6) is 0.764. The Hall–Kier alpha value is -3.07. The number of rotatable bonds is 7. The predicted octanol–water partition coefficient (Wildman–Crippen LogP) is 3.95. The van der Waals surface area contributed by atoms with Gasteiger partial charge >= 0.3 is 0 Å². The molecule has 1 amide bonds. The summed E-state index contributed by atoms with van der Waals surface area (Å²) in [6, 6.07) is 20.6. The van der Waals surface area contributed by atoms with Crippen molar-refractivity contribution in [3.63, 3.8) is 0 Å². The van der Waals surface area contributed by atoms with Crippen molar-refractivity contribution >= 4 is 27.5 Å². The number of amides is 1. The first-order chi connectivity index (χ1) is 15.8. The Morgan fingerprint density at radius 3 is 2.52 bits per heavy atom. The van der Waals surface area contributed by atoms with Gasteiger partial charge in [0.25, 0.3) is 5.91 Å². The zero-order valence-corrected chi connectivity index (χ0v) is 19.4. The molecule has 1 aliphatic heterocycles. The minimum absolute atomic E-state index is 0.0151. The van der Waals surface area contributed by atoms with E-state index in [-0.39, 0.29) is 34.7 Å². The number of ether oxygens (including phenoxy) is 2. The minimum atomic E-state index is -4.00. The summed E-state index contributed by atoms with van der Waals surface area (Å²) in [7, 11) is -4.00. The van der Waals surface area contributed by atoms with Crippen LogP contribution >= 0.6 is 11.6 Å². The van der Waals surface area contributed by atoms with Crippen LogP contribution in [-0.4, -0.2) is 33.6 Å². The predicted molar refractivity (Wildman–Crippen MR) is 125 cm³/mol. The Labute approximate surface area is 197 Å².